The Morgan fingerprint density at radius 2 is 1.88 bits per heavy atom. The lowest BCUT2D eigenvalue weighted by atomic mass is 9.97. The molecule has 0 aromatic heterocycles. The number of amides is 1. The van der Waals surface area contributed by atoms with Gasteiger partial charge in [0.25, 0.3) is 10.2 Å². The molecule has 1 rings (SSSR count). The highest BCUT2D eigenvalue weighted by atomic mass is 32.2. The van der Waals surface area contributed by atoms with Gasteiger partial charge >= 0.3 is 0 Å². The molecule has 1 aliphatic rings. The summed E-state index contributed by atoms with van der Waals surface area (Å²) < 4.78 is 26.3. The fourth-order valence-electron chi connectivity index (χ4n) is 1.90. The van der Waals surface area contributed by atoms with Crippen LogP contribution in [0.25, 0.3) is 0 Å². The number of hydrogen-bond donors (Lipinski definition) is 1. The van der Waals surface area contributed by atoms with Crippen molar-refractivity contribution in [2.45, 2.75) is 19.8 Å². The maximum atomic E-state index is 11.8. The molecular formula is C10H21N3O3S. The molecule has 0 atom stereocenters. The van der Waals surface area contributed by atoms with Crippen LogP contribution in [0.15, 0.2) is 0 Å². The minimum absolute atomic E-state index is 0.0365. The Hall–Kier alpha value is -0.660. The van der Waals surface area contributed by atoms with Gasteiger partial charge < -0.3 is 5.32 Å². The molecule has 0 aromatic rings. The zero-order valence-corrected chi connectivity index (χ0v) is 11.5. The molecule has 0 radical (unpaired) electrons. The van der Waals surface area contributed by atoms with E-state index in [1.165, 1.54) is 22.7 Å². The average Bonchev–Trinajstić information content (AvgIpc) is 2.29. The van der Waals surface area contributed by atoms with E-state index < -0.39 is 10.2 Å². The summed E-state index contributed by atoms with van der Waals surface area (Å²) >= 11 is 0. The van der Waals surface area contributed by atoms with Gasteiger partial charge in [-0.1, -0.05) is 0 Å². The topological polar surface area (TPSA) is 69.7 Å². The van der Waals surface area contributed by atoms with Crippen molar-refractivity contribution in [3.8, 4) is 0 Å². The van der Waals surface area contributed by atoms with Crippen LogP contribution in [-0.4, -0.2) is 56.7 Å². The standard InChI is InChI=1S/C10H21N3O3S/c1-4-11-10(14)9-5-7-13(8-6-9)17(15,16)12(2)3/h9H,4-8H2,1-3H3,(H,11,14). The quantitative estimate of drug-likeness (QED) is 0.753. The maximum absolute atomic E-state index is 11.8. The molecule has 0 aliphatic carbocycles. The van der Waals surface area contributed by atoms with Gasteiger partial charge in [0.2, 0.25) is 5.91 Å². The van der Waals surface area contributed by atoms with Gasteiger partial charge in [-0.2, -0.15) is 17.0 Å². The Morgan fingerprint density at radius 3 is 2.29 bits per heavy atom. The van der Waals surface area contributed by atoms with Crippen LogP contribution in [0, 0.1) is 5.92 Å². The molecule has 0 unspecified atom stereocenters. The molecule has 0 aromatic carbocycles. The minimum atomic E-state index is -3.33. The summed E-state index contributed by atoms with van der Waals surface area (Å²) in [6.07, 6.45) is 1.19. The van der Waals surface area contributed by atoms with E-state index in [9.17, 15) is 13.2 Å². The molecule has 1 N–H and O–H groups in total. The molecule has 1 aliphatic heterocycles. The molecule has 1 heterocycles. The lowest BCUT2D eigenvalue weighted by Crippen LogP contribution is -2.46. The van der Waals surface area contributed by atoms with E-state index >= 15 is 0 Å². The highest BCUT2D eigenvalue weighted by Crippen LogP contribution is 2.20. The summed E-state index contributed by atoms with van der Waals surface area (Å²) in [5, 5.41) is 2.77. The highest BCUT2D eigenvalue weighted by molar-refractivity contribution is 7.86. The van der Waals surface area contributed by atoms with Crippen LogP contribution in [0.3, 0.4) is 0 Å². The number of nitrogens with one attached hydrogen (secondary N) is 1. The van der Waals surface area contributed by atoms with E-state index in [0.717, 1.165) is 0 Å². The summed E-state index contributed by atoms with van der Waals surface area (Å²) in [6, 6.07) is 0. The van der Waals surface area contributed by atoms with E-state index in [-0.39, 0.29) is 11.8 Å². The Morgan fingerprint density at radius 1 is 1.35 bits per heavy atom. The molecule has 1 amide bonds. The summed E-state index contributed by atoms with van der Waals surface area (Å²) in [4.78, 5) is 11.6. The van der Waals surface area contributed by atoms with Gasteiger partial charge in [0.05, 0.1) is 0 Å². The lowest BCUT2D eigenvalue weighted by molar-refractivity contribution is -0.126. The van der Waals surface area contributed by atoms with Gasteiger partial charge in [0.1, 0.15) is 0 Å². The summed E-state index contributed by atoms with van der Waals surface area (Å²) in [5.74, 6) is -0.0158. The third kappa shape index (κ3) is 3.40. The van der Waals surface area contributed by atoms with Crippen molar-refractivity contribution < 1.29 is 13.2 Å². The van der Waals surface area contributed by atoms with Crippen LogP contribution in [-0.2, 0) is 15.0 Å². The fraction of sp³-hybridized carbons (Fsp3) is 0.900. The molecule has 1 saturated heterocycles. The lowest BCUT2D eigenvalue weighted by Gasteiger charge is -2.32. The molecular weight excluding hydrogens is 242 g/mol. The first-order chi connectivity index (χ1) is 7.89. The third-order valence-electron chi connectivity index (χ3n) is 2.96. The number of nitrogens with zero attached hydrogens (tertiary/aromatic N) is 2. The second-order valence-electron chi connectivity index (χ2n) is 4.36. The van der Waals surface area contributed by atoms with Gasteiger partial charge in [-0.3, -0.25) is 4.79 Å². The zero-order chi connectivity index (χ0) is 13.1. The van der Waals surface area contributed by atoms with Gasteiger partial charge in [0.15, 0.2) is 0 Å². The fourth-order valence-corrected chi connectivity index (χ4v) is 3.03. The average molecular weight is 263 g/mol. The smallest absolute Gasteiger partial charge is 0.281 e. The predicted octanol–water partition coefficient (Wildman–Crippen LogP) is -0.359. The van der Waals surface area contributed by atoms with Crippen LogP contribution in [0.5, 0.6) is 0 Å². The van der Waals surface area contributed by atoms with Gasteiger partial charge in [-0.05, 0) is 19.8 Å². The van der Waals surface area contributed by atoms with E-state index in [4.69, 9.17) is 0 Å². The van der Waals surface area contributed by atoms with Crippen molar-refractivity contribution in [2.24, 2.45) is 5.92 Å². The van der Waals surface area contributed by atoms with Crippen molar-refractivity contribution in [1.29, 1.82) is 0 Å². The normalized spacial score (nSPS) is 19.5. The van der Waals surface area contributed by atoms with E-state index in [1.807, 2.05) is 6.92 Å². The van der Waals surface area contributed by atoms with Crippen LogP contribution >= 0.6 is 0 Å². The Labute approximate surface area is 103 Å². The molecule has 17 heavy (non-hydrogen) atoms. The molecule has 0 spiro atoms. The van der Waals surface area contributed by atoms with Crippen molar-refractivity contribution in [3.05, 3.63) is 0 Å². The SMILES string of the molecule is CCNC(=O)C1CCN(S(=O)(=O)N(C)C)CC1. The number of carbonyl (C=O) groups is 1. The van der Waals surface area contributed by atoms with Crippen molar-refractivity contribution >= 4 is 16.1 Å². The first-order valence-corrected chi connectivity index (χ1v) is 7.24. The van der Waals surface area contributed by atoms with Crippen molar-refractivity contribution in [1.82, 2.24) is 13.9 Å². The number of hydrogen-bond acceptors (Lipinski definition) is 3. The second kappa shape index (κ2) is 5.79. The van der Waals surface area contributed by atoms with Crippen LogP contribution in [0.4, 0.5) is 0 Å². The van der Waals surface area contributed by atoms with Gasteiger partial charge in [0, 0.05) is 39.6 Å². The van der Waals surface area contributed by atoms with Crippen LogP contribution < -0.4 is 5.32 Å². The Bertz CT molecular complexity index is 359. The number of carbonyl (C=O) groups excluding carboxylic acids is 1. The maximum Gasteiger partial charge on any atom is 0.281 e. The van der Waals surface area contributed by atoms with Crippen LogP contribution in [0.2, 0.25) is 0 Å². The first-order valence-electron chi connectivity index (χ1n) is 5.85. The molecule has 7 heteroatoms. The number of rotatable bonds is 4. The van der Waals surface area contributed by atoms with Crippen molar-refractivity contribution in [3.63, 3.8) is 0 Å². The first kappa shape index (κ1) is 14.4. The molecule has 6 nitrogen and oxygen atoms in total. The molecule has 100 valence electrons. The van der Waals surface area contributed by atoms with Gasteiger partial charge in [-0.25, -0.2) is 0 Å². The van der Waals surface area contributed by atoms with E-state index in [0.29, 0.717) is 32.5 Å². The van der Waals surface area contributed by atoms with Gasteiger partial charge in [-0.15, -0.1) is 0 Å². The monoisotopic (exact) mass is 263 g/mol. The zero-order valence-electron chi connectivity index (χ0n) is 10.6. The predicted molar refractivity (Wildman–Crippen MR) is 65.6 cm³/mol. The summed E-state index contributed by atoms with van der Waals surface area (Å²) in [5.41, 5.74) is 0. The Kier molecular flexibility index (Phi) is 4.91. The largest absolute Gasteiger partial charge is 0.356 e. The molecule has 0 saturated carbocycles. The van der Waals surface area contributed by atoms with E-state index in [1.54, 1.807) is 0 Å². The summed E-state index contributed by atoms with van der Waals surface area (Å²) in [7, 11) is -0.288. The summed E-state index contributed by atoms with van der Waals surface area (Å²) in [6.45, 7) is 3.34. The van der Waals surface area contributed by atoms with Crippen molar-refractivity contribution in [2.75, 3.05) is 33.7 Å². The minimum Gasteiger partial charge on any atom is -0.356 e. The molecule has 0 bridgehead atoms. The Balaban J connectivity index is 2.54. The number of piperidine rings is 1. The third-order valence-corrected chi connectivity index (χ3v) is 4.90. The van der Waals surface area contributed by atoms with E-state index in [2.05, 4.69) is 5.32 Å². The van der Waals surface area contributed by atoms with Crippen LogP contribution in [0.1, 0.15) is 19.8 Å². The molecule has 1 fully saturated rings. The second-order valence-corrected chi connectivity index (χ2v) is 6.50. The highest BCUT2D eigenvalue weighted by Gasteiger charge is 2.31.